The lowest BCUT2D eigenvalue weighted by Crippen LogP contribution is -2.38. The summed E-state index contributed by atoms with van der Waals surface area (Å²) in [6.45, 7) is 8.58. The molecule has 5 nitrogen and oxygen atoms in total. The summed E-state index contributed by atoms with van der Waals surface area (Å²) in [4.78, 5) is 4.52. The highest BCUT2D eigenvalue weighted by molar-refractivity contribution is 5.79. The molecular weight excluding hydrogens is 254 g/mol. The molecule has 0 saturated heterocycles. The minimum Gasteiger partial charge on any atom is -0.507 e. The van der Waals surface area contributed by atoms with E-state index < -0.39 is 0 Å². The molecule has 5 heteroatoms. The number of phenolic OH excluding ortho intramolecular Hbond substituents is 1. The Balaban J connectivity index is 2.70. The molecule has 1 rings (SSSR count). The van der Waals surface area contributed by atoms with Crippen LogP contribution in [0.3, 0.4) is 0 Å². The zero-order chi connectivity index (χ0) is 15.0. The first kappa shape index (κ1) is 16.3. The average molecular weight is 279 g/mol. The van der Waals surface area contributed by atoms with E-state index in [4.69, 9.17) is 4.74 Å². The van der Waals surface area contributed by atoms with Gasteiger partial charge in [-0.15, -0.1) is 0 Å². The first-order chi connectivity index (χ1) is 9.58. The topological polar surface area (TPSA) is 65.9 Å². The van der Waals surface area contributed by atoms with Crippen molar-refractivity contribution in [2.24, 2.45) is 4.99 Å². The summed E-state index contributed by atoms with van der Waals surface area (Å²) in [7, 11) is 1.67. The highest BCUT2D eigenvalue weighted by Crippen LogP contribution is 2.23. The molecule has 0 saturated carbocycles. The molecule has 0 atom stereocenters. The number of aromatic hydroxyl groups is 1. The SMILES string of the molecule is CCNC(=NCc1cc(C)c(O)c(C)c1)NCCOC. The molecule has 0 aliphatic heterocycles. The third-order valence-corrected chi connectivity index (χ3v) is 2.91. The zero-order valence-electron chi connectivity index (χ0n) is 12.8. The van der Waals surface area contributed by atoms with Crippen molar-refractivity contribution in [3.05, 3.63) is 28.8 Å². The molecule has 0 spiro atoms. The number of nitrogens with one attached hydrogen (secondary N) is 2. The van der Waals surface area contributed by atoms with Crippen LogP contribution in [0.25, 0.3) is 0 Å². The van der Waals surface area contributed by atoms with Crippen molar-refractivity contribution in [1.82, 2.24) is 10.6 Å². The van der Waals surface area contributed by atoms with E-state index in [1.54, 1.807) is 7.11 Å². The first-order valence-corrected chi connectivity index (χ1v) is 6.88. The lowest BCUT2D eigenvalue weighted by molar-refractivity contribution is 0.203. The minimum atomic E-state index is 0.364. The van der Waals surface area contributed by atoms with Gasteiger partial charge < -0.3 is 20.5 Å². The maximum atomic E-state index is 9.76. The maximum absolute atomic E-state index is 9.76. The summed E-state index contributed by atoms with van der Waals surface area (Å²) in [6, 6.07) is 3.93. The highest BCUT2D eigenvalue weighted by Gasteiger charge is 2.03. The van der Waals surface area contributed by atoms with Crippen LogP contribution in [0.2, 0.25) is 0 Å². The van der Waals surface area contributed by atoms with Crippen LogP contribution in [0, 0.1) is 13.8 Å². The summed E-state index contributed by atoms with van der Waals surface area (Å²) in [5, 5.41) is 16.1. The van der Waals surface area contributed by atoms with E-state index in [2.05, 4.69) is 15.6 Å². The van der Waals surface area contributed by atoms with Gasteiger partial charge in [0.2, 0.25) is 0 Å². The van der Waals surface area contributed by atoms with Crippen molar-refractivity contribution in [1.29, 1.82) is 0 Å². The van der Waals surface area contributed by atoms with Crippen LogP contribution in [0.5, 0.6) is 5.75 Å². The summed E-state index contributed by atoms with van der Waals surface area (Å²) in [6.07, 6.45) is 0. The van der Waals surface area contributed by atoms with E-state index in [-0.39, 0.29) is 0 Å². The van der Waals surface area contributed by atoms with Gasteiger partial charge in [0.1, 0.15) is 5.75 Å². The molecule has 0 aliphatic rings. The second-order valence-corrected chi connectivity index (χ2v) is 4.69. The number of benzene rings is 1. The Bertz CT molecular complexity index is 435. The van der Waals surface area contributed by atoms with Crippen LogP contribution in [-0.4, -0.2) is 37.9 Å². The Kier molecular flexibility index (Phi) is 6.87. The molecule has 0 aromatic heterocycles. The normalized spacial score (nSPS) is 11.5. The summed E-state index contributed by atoms with van der Waals surface area (Å²) >= 11 is 0. The summed E-state index contributed by atoms with van der Waals surface area (Å²) < 4.78 is 5.00. The maximum Gasteiger partial charge on any atom is 0.191 e. The third kappa shape index (κ3) is 5.09. The van der Waals surface area contributed by atoms with E-state index >= 15 is 0 Å². The van der Waals surface area contributed by atoms with Crippen molar-refractivity contribution in [3.8, 4) is 5.75 Å². The Morgan fingerprint density at radius 3 is 2.45 bits per heavy atom. The van der Waals surface area contributed by atoms with Crippen LogP contribution in [0.15, 0.2) is 17.1 Å². The largest absolute Gasteiger partial charge is 0.507 e. The van der Waals surface area contributed by atoms with Crippen molar-refractivity contribution < 1.29 is 9.84 Å². The van der Waals surface area contributed by atoms with E-state index in [9.17, 15) is 5.11 Å². The average Bonchev–Trinajstić information content (AvgIpc) is 2.42. The molecule has 112 valence electrons. The van der Waals surface area contributed by atoms with Crippen LogP contribution in [0.4, 0.5) is 0 Å². The Morgan fingerprint density at radius 2 is 1.90 bits per heavy atom. The number of methoxy groups -OCH3 is 1. The summed E-state index contributed by atoms with van der Waals surface area (Å²) in [5.41, 5.74) is 2.85. The van der Waals surface area contributed by atoms with Gasteiger partial charge in [0.15, 0.2) is 5.96 Å². The lowest BCUT2D eigenvalue weighted by atomic mass is 10.1. The number of nitrogens with zero attached hydrogens (tertiary/aromatic N) is 1. The minimum absolute atomic E-state index is 0.364. The number of guanidine groups is 1. The zero-order valence-corrected chi connectivity index (χ0v) is 12.8. The van der Waals surface area contributed by atoms with Gasteiger partial charge in [-0.1, -0.05) is 12.1 Å². The van der Waals surface area contributed by atoms with Crippen LogP contribution in [-0.2, 0) is 11.3 Å². The number of phenols is 1. The van der Waals surface area contributed by atoms with Crippen LogP contribution in [0.1, 0.15) is 23.6 Å². The number of hydrogen-bond acceptors (Lipinski definition) is 3. The molecule has 1 aromatic rings. The van der Waals surface area contributed by atoms with Crippen molar-refractivity contribution in [2.45, 2.75) is 27.3 Å². The number of hydrogen-bond donors (Lipinski definition) is 3. The molecule has 1 aromatic carbocycles. The quantitative estimate of drug-likeness (QED) is 0.421. The van der Waals surface area contributed by atoms with Gasteiger partial charge in [-0.05, 0) is 37.5 Å². The van der Waals surface area contributed by atoms with E-state index in [0.29, 0.717) is 18.9 Å². The number of aryl methyl sites for hydroxylation is 2. The van der Waals surface area contributed by atoms with Crippen molar-refractivity contribution in [3.63, 3.8) is 0 Å². The molecule has 0 fully saturated rings. The fraction of sp³-hybridized carbons (Fsp3) is 0.533. The van der Waals surface area contributed by atoms with Gasteiger partial charge in [0.25, 0.3) is 0 Å². The fourth-order valence-corrected chi connectivity index (χ4v) is 1.92. The molecule has 0 radical (unpaired) electrons. The Morgan fingerprint density at radius 1 is 1.25 bits per heavy atom. The highest BCUT2D eigenvalue weighted by atomic mass is 16.5. The molecule has 0 bridgehead atoms. The molecule has 0 heterocycles. The molecule has 3 N–H and O–H groups in total. The monoisotopic (exact) mass is 279 g/mol. The second kappa shape index (κ2) is 8.43. The predicted molar refractivity (Wildman–Crippen MR) is 82.3 cm³/mol. The number of rotatable bonds is 6. The Labute approximate surface area is 121 Å². The van der Waals surface area contributed by atoms with Crippen LogP contribution < -0.4 is 10.6 Å². The van der Waals surface area contributed by atoms with Crippen molar-refractivity contribution in [2.75, 3.05) is 26.8 Å². The van der Waals surface area contributed by atoms with E-state index in [1.165, 1.54) is 0 Å². The van der Waals surface area contributed by atoms with E-state index in [1.807, 2.05) is 32.9 Å². The van der Waals surface area contributed by atoms with Crippen molar-refractivity contribution >= 4 is 5.96 Å². The predicted octanol–water partition coefficient (Wildman–Crippen LogP) is 1.71. The number of ether oxygens (including phenoxy) is 1. The number of aliphatic imine (C=N–C) groups is 1. The standard InChI is InChI=1S/C15H25N3O2/c1-5-16-15(17-6-7-20-4)18-10-13-8-11(2)14(19)12(3)9-13/h8-9,19H,5-7,10H2,1-4H3,(H2,16,17,18). The van der Waals surface area contributed by atoms with Gasteiger partial charge in [0.05, 0.1) is 13.2 Å². The van der Waals surface area contributed by atoms with Gasteiger partial charge in [-0.25, -0.2) is 4.99 Å². The third-order valence-electron chi connectivity index (χ3n) is 2.91. The lowest BCUT2D eigenvalue weighted by Gasteiger charge is -2.11. The Hall–Kier alpha value is -1.75. The fourth-order valence-electron chi connectivity index (χ4n) is 1.92. The van der Waals surface area contributed by atoms with Gasteiger partial charge in [0, 0.05) is 20.2 Å². The first-order valence-electron chi connectivity index (χ1n) is 6.88. The molecular formula is C15H25N3O2. The smallest absolute Gasteiger partial charge is 0.191 e. The van der Waals surface area contributed by atoms with Gasteiger partial charge in [-0.3, -0.25) is 0 Å². The van der Waals surface area contributed by atoms with E-state index in [0.717, 1.165) is 35.7 Å². The van der Waals surface area contributed by atoms with Gasteiger partial charge >= 0.3 is 0 Å². The molecule has 20 heavy (non-hydrogen) atoms. The van der Waals surface area contributed by atoms with Gasteiger partial charge in [-0.2, -0.15) is 0 Å². The van der Waals surface area contributed by atoms with Crippen LogP contribution >= 0.6 is 0 Å². The molecule has 0 unspecified atom stereocenters. The molecule has 0 amide bonds. The second-order valence-electron chi connectivity index (χ2n) is 4.69. The molecule has 0 aliphatic carbocycles. The summed E-state index contributed by atoms with van der Waals surface area (Å²) in [5.74, 6) is 1.13.